The number of H-pyrrole nitrogens is 1. The lowest BCUT2D eigenvalue weighted by Gasteiger charge is -2.47. The van der Waals surface area contributed by atoms with Crippen molar-refractivity contribution in [3.8, 4) is 0 Å². The number of hydrogen-bond donors (Lipinski definition) is 5. The number of para-hydroxylation sites is 1. The van der Waals surface area contributed by atoms with E-state index in [0.29, 0.717) is 37.0 Å². The SMILES string of the molecule is C/C=C(\CNC(=O)c1cc2ccccc2[nH]1)NC(Cc1ccccc1)C(O)CN1CC2CCCCC2CC1C(=O)NC(C)(C)C. The number of carbonyl (C=O) groups is 2. The van der Waals surface area contributed by atoms with Crippen molar-refractivity contribution in [3.05, 3.63) is 83.7 Å². The van der Waals surface area contributed by atoms with Crippen LogP contribution in [0.4, 0.5) is 0 Å². The third kappa shape index (κ3) is 8.76. The van der Waals surface area contributed by atoms with Crippen molar-refractivity contribution in [2.75, 3.05) is 19.6 Å². The van der Waals surface area contributed by atoms with Crippen LogP contribution in [0.25, 0.3) is 10.9 Å². The predicted molar refractivity (Wildman–Crippen MR) is 181 cm³/mol. The molecule has 1 aliphatic heterocycles. The summed E-state index contributed by atoms with van der Waals surface area (Å²) < 4.78 is 0. The summed E-state index contributed by atoms with van der Waals surface area (Å²) in [7, 11) is 0. The highest BCUT2D eigenvalue weighted by atomic mass is 16.3. The van der Waals surface area contributed by atoms with E-state index in [2.05, 4.69) is 38.0 Å². The summed E-state index contributed by atoms with van der Waals surface area (Å²) in [6.07, 6.45) is 7.51. The molecule has 1 aliphatic carbocycles. The summed E-state index contributed by atoms with van der Waals surface area (Å²) in [5, 5.41) is 22.7. The minimum Gasteiger partial charge on any atom is -0.390 e. The van der Waals surface area contributed by atoms with Gasteiger partial charge in [-0.3, -0.25) is 14.5 Å². The van der Waals surface area contributed by atoms with Crippen molar-refractivity contribution in [2.24, 2.45) is 11.8 Å². The van der Waals surface area contributed by atoms with Gasteiger partial charge in [-0.1, -0.05) is 73.9 Å². The highest BCUT2D eigenvalue weighted by molar-refractivity contribution is 5.98. The average molecular weight is 614 g/mol. The Labute approximate surface area is 268 Å². The van der Waals surface area contributed by atoms with Gasteiger partial charge in [-0.15, -0.1) is 0 Å². The Kier molecular flexibility index (Phi) is 10.7. The maximum Gasteiger partial charge on any atom is 0.268 e. The molecule has 5 unspecified atom stereocenters. The van der Waals surface area contributed by atoms with Gasteiger partial charge in [-0.2, -0.15) is 0 Å². The first-order valence-corrected chi connectivity index (χ1v) is 16.7. The second kappa shape index (κ2) is 14.6. The van der Waals surface area contributed by atoms with Gasteiger partial charge in [0.2, 0.25) is 5.91 Å². The van der Waals surface area contributed by atoms with Crippen LogP contribution in [0.1, 0.15) is 75.9 Å². The van der Waals surface area contributed by atoms with Gasteiger partial charge in [0.05, 0.1) is 24.7 Å². The fourth-order valence-electron chi connectivity index (χ4n) is 7.09. The van der Waals surface area contributed by atoms with Crippen LogP contribution in [-0.4, -0.2) is 70.2 Å². The molecule has 0 spiro atoms. The smallest absolute Gasteiger partial charge is 0.268 e. The van der Waals surface area contributed by atoms with Crippen LogP contribution < -0.4 is 16.0 Å². The lowest BCUT2D eigenvalue weighted by atomic mass is 9.72. The average Bonchev–Trinajstić information content (AvgIpc) is 3.46. The number of hydrogen-bond acceptors (Lipinski definition) is 5. The molecule has 1 aromatic heterocycles. The maximum atomic E-state index is 13.6. The van der Waals surface area contributed by atoms with Crippen LogP contribution in [0.2, 0.25) is 0 Å². The van der Waals surface area contributed by atoms with Crippen LogP contribution in [0, 0.1) is 11.8 Å². The van der Waals surface area contributed by atoms with E-state index in [1.54, 1.807) is 0 Å². The van der Waals surface area contributed by atoms with E-state index in [1.165, 1.54) is 25.7 Å². The summed E-state index contributed by atoms with van der Waals surface area (Å²) in [4.78, 5) is 32.0. The molecule has 3 aromatic rings. The van der Waals surface area contributed by atoms with E-state index in [1.807, 2.05) is 82.3 Å². The number of β-amino-alcohol motifs (C(OH)–C–C–N with tert-alkyl or cyclic N) is 1. The molecule has 0 radical (unpaired) electrons. The van der Waals surface area contributed by atoms with Gasteiger partial charge >= 0.3 is 0 Å². The zero-order chi connectivity index (χ0) is 32.0. The first kappa shape index (κ1) is 32.8. The highest BCUT2D eigenvalue weighted by Crippen LogP contribution is 2.39. The third-order valence-corrected chi connectivity index (χ3v) is 9.42. The minimum absolute atomic E-state index is 0.0557. The summed E-state index contributed by atoms with van der Waals surface area (Å²) >= 11 is 0. The molecule has 2 heterocycles. The number of nitrogens with one attached hydrogen (secondary N) is 4. The number of carbonyl (C=O) groups excluding carboxylic acids is 2. The number of benzene rings is 2. The number of nitrogens with zero attached hydrogens (tertiary/aromatic N) is 1. The fourth-order valence-corrected chi connectivity index (χ4v) is 7.09. The van der Waals surface area contributed by atoms with Crippen molar-refractivity contribution in [1.29, 1.82) is 0 Å². The molecule has 1 saturated heterocycles. The lowest BCUT2D eigenvalue weighted by Crippen LogP contribution is -2.60. The number of fused-ring (bicyclic) bond motifs is 2. The van der Waals surface area contributed by atoms with Crippen LogP contribution >= 0.6 is 0 Å². The summed E-state index contributed by atoms with van der Waals surface area (Å²) in [6, 6.07) is 19.3. The first-order chi connectivity index (χ1) is 21.6. The fraction of sp³-hybridized carbons (Fsp3) is 0.514. The van der Waals surface area contributed by atoms with Crippen molar-refractivity contribution >= 4 is 22.7 Å². The highest BCUT2D eigenvalue weighted by Gasteiger charge is 2.41. The zero-order valence-corrected chi connectivity index (χ0v) is 27.3. The Morgan fingerprint density at radius 2 is 1.76 bits per heavy atom. The van der Waals surface area contributed by atoms with Crippen molar-refractivity contribution in [3.63, 3.8) is 0 Å². The quantitative estimate of drug-likeness (QED) is 0.205. The number of allylic oxidation sites excluding steroid dienone is 1. The summed E-state index contributed by atoms with van der Waals surface area (Å²) in [5.41, 5.74) is 3.05. The second-order valence-corrected chi connectivity index (χ2v) is 14.0. The molecular formula is C37H51N5O3. The monoisotopic (exact) mass is 613 g/mol. The number of aromatic amines is 1. The maximum absolute atomic E-state index is 13.6. The van der Waals surface area contributed by atoms with Gasteiger partial charge < -0.3 is 26.0 Å². The minimum atomic E-state index is -0.741. The van der Waals surface area contributed by atoms with Gasteiger partial charge in [0.1, 0.15) is 5.69 Å². The predicted octanol–water partition coefficient (Wildman–Crippen LogP) is 5.16. The molecule has 2 fully saturated rings. The van der Waals surface area contributed by atoms with Gasteiger partial charge in [0.15, 0.2) is 0 Å². The van der Waals surface area contributed by atoms with Crippen molar-refractivity contribution in [2.45, 2.75) is 89.9 Å². The van der Waals surface area contributed by atoms with Gasteiger partial charge in [0.25, 0.3) is 5.91 Å². The Balaban J connectivity index is 1.29. The number of piperidine rings is 1. The number of aromatic nitrogens is 1. The topological polar surface area (TPSA) is 109 Å². The molecule has 2 aliphatic rings. The van der Waals surface area contributed by atoms with E-state index in [9.17, 15) is 14.7 Å². The Morgan fingerprint density at radius 3 is 2.47 bits per heavy atom. The molecule has 5 rings (SSSR count). The Hall–Kier alpha value is -3.62. The van der Waals surface area contributed by atoms with E-state index in [4.69, 9.17) is 0 Å². The third-order valence-electron chi connectivity index (χ3n) is 9.42. The number of aliphatic hydroxyl groups is 1. The molecule has 8 nitrogen and oxygen atoms in total. The molecular weight excluding hydrogens is 562 g/mol. The molecule has 8 heteroatoms. The molecule has 5 N–H and O–H groups in total. The molecule has 2 aromatic carbocycles. The standard InChI is InChI=1S/C37H51N5O3/c1-5-29(22-38-35(44)32-20-27-16-11-12-18-30(27)40-32)39-31(19-25-13-7-6-8-14-25)34(43)24-42-23-28-17-10-9-15-26(28)21-33(42)36(45)41-37(2,3)4/h5-8,11-14,16,18,20,26,28,31,33-34,39-40,43H,9-10,15,17,19,21-24H2,1-4H3,(H,38,44)(H,41,45)/b29-5+. The van der Waals surface area contributed by atoms with Crippen LogP contribution in [0.15, 0.2) is 72.4 Å². The molecule has 5 atom stereocenters. The zero-order valence-electron chi connectivity index (χ0n) is 27.3. The second-order valence-electron chi connectivity index (χ2n) is 14.0. The van der Waals surface area contributed by atoms with Crippen LogP contribution in [-0.2, 0) is 11.2 Å². The van der Waals surface area contributed by atoms with Gasteiger partial charge in [0, 0.05) is 35.2 Å². The summed E-state index contributed by atoms with van der Waals surface area (Å²) in [5.74, 6) is 1.00. The van der Waals surface area contributed by atoms with Crippen molar-refractivity contribution in [1.82, 2.24) is 25.8 Å². The number of amides is 2. The molecule has 242 valence electrons. The van der Waals surface area contributed by atoms with Gasteiger partial charge in [-0.25, -0.2) is 0 Å². The van der Waals surface area contributed by atoms with E-state index < -0.39 is 6.10 Å². The Bertz CT molecular complexity index is 1430. The Morgan fingerprint density at radius 1 is 1.04 bits per heavy atom. The summed E-state index contributed by atoms with van der Waals surface area (Å²) in [6.45, 7) is 9.52. The molecule has 2 amide bonds. The van der Waals surface area contributed by atoms with Crippen molar-refractivity contribution < 1.29 is 14.7 Å². The van der Waals surface area contributed by atoms with Crippen LogP contribution in [0.3, 0.4) is 0 Å². The first-order valence-electron chi connectivity index (χ1n) is 16.7. The normalized spacial score (nSPS) is 22.3. The molecule has 0 bridgehead atoms. The number of rotatable bonds is 11. The van der Waals surface area contributed by atoms with E-state index in [0.717, 1.165) is 35.1 Å². The largest absolute Gasteiger partial charge is 0.390 e. The molecule has 45 heavy (non-hydrogen) atoms. The van der Waals surface area contributed by atoms with Gasteiger partial charge in [-0.05, 0) is 76.5 Å². The van der Waals surface area contributed by atoms with Crippen LogP contribution in [0.5, 0.6) is 0 Å². The molecule has 1 saturated carbocycles. The van der Waals surface area contributed by atoms with E-state index >= 15 is 0 Å². The van der Waals surface area contributed by atoms with E-state index in [-0.39, 0.29) is 29.4 Å². The number of aliphatic hydroxyl groups excluding tert-OH is 1. The number of likely N-dealkylation sites (tertiary alicyclic amines) is 1. The lowest BCUT2D eigenvalue weighted by molar-refractivity contribution is -0.132.